The molecule has 1 aliphatic rings. The van der Waals surface area contributed by atoms with Gasteiger partial charge in [0.25, 0.3) is 0 Å². The number of rotatable bonds is 5. The first-order chi connectivity index (χ1) is 9.16. The van der Waals surface area contributed by atoms with Crippen molar-refractivity contribution in [2.24, 2.45) is 5.92 Å². The Morgan fingerprint density at radius 1 is 1.11 bits per heavy atom. The van der Waals surface area contributed by atoms with E-state index in [1.54, 1.807) is 0 Å². The Hall–Kier alpha value is -1.02. The van der Waals surface area contributed by atoms with E-state index in [2.05, 4.69) is 55.5 Å². The summed E-state index contributed by atoms with van der Waals surface area (Å²) in [6.07, 6.45) is 7.11. The Morgan fingerprint density at radius 3 is 2.32 bits per heavy atom. The van der Waals surface area contributed by atoms with Crippen LogP contribution in [0.25, 0.3) is 0 Å². The van der Waals surface area contributed by atoms with Crippen LogP contribution in [0.4, 0.5) is 5.69 Å². The van der Waals surface area contributed by atoms with Gasteiger partial charge >= 0.3 is 0 Å². The first kappa shape index (κ1) is 14.4. The number of hydrogen-bond acceptors (Lipinski definition) is 2. The van der Waals surface area contributed by atoms with Crippen LogP contribution in [0.5, 0.6) is 0 Å². The third-order valence-electron chi connectivity index (χ3n) is 4.44. The van der Waals surface area contributed by atoms with E-state index in [0.29, 0.717) is 6.04 Å². The van der Waals surface area contributed by atoms with E-state index in [-0.39, 0.29) is 0 Å². The summed E-state index contributed by atoms with van der Waals surface area (Å²) < 4.78 is 0. The lowest BCUT2D eigenvalue weighted by Gasteiger charge is -2.28. The maximum absolute atomic E-state index is 3.70. The summed E-state index contributed by atoms with van der Waals surface area (Å²) in [4.78, 5) is 2.14. The number of hydrogen-bond donors (Lipinski definition) is 1. The molecule has 0 saturated heterocycles. The van der Waals surface area contributed by atoms with Crippen molar-refractivity contribution < 1.29 is 0 Å². The van der Waals surface area contributed by atoms with Crippen molar-refractivity contribution in [2.45, 2.75) is 51.6 Å². The SMILES string of the molecule is CC(NCc1ccc(N(C)C)cc1)C1CCCCC1. The van der Waals surface area contributed by atoms with Crippen molar-refractivity contribution in [3.63, 3.8) is 0 Å². The molecule has 1 aromatic rings. The third kappa shape index (κ3) is 4.24. The Labute approximate surface area is 118 Å². The minimum atomic E-state index is 0.647. The van der Waals surface area contributed by atoms with Crippen LogP contribution in [0.1, 0.15) is 44.6 Å². The molecule has 19 heavy (non-hydrogen) atoms. The predicted octanol–water partition coefficient (Wildman–Crippen LogP) is 3.81. The molecule has 106 valence electrons. The van der Waals surface area contributed by atoms with Gasteiger partial charge in [0.15, 0.2) is 0 Å². The van der Waals surface area contributed by atoms with E-state index < -0.39 is 0 Å². The van der Waals surface area contributed by atoms with Gasteiger partial charge in [0.05, 0.1) is 0 Å². The number of nitrogens with zero attached hydrogens (tertiary/aromatic N) is 1. The van der Waals surface area contributed by atoms with E-state index in [9.17, 15) is 0 Å². The predicted molar refractivity (Wildman–Crippen MR) is 83.6 cm³/mol. The zero-order chi connectivity index (χ0) is 13.7. The summed E-state index contributed by atoms with van der Waals surface area (Å²) in [6.45, 7) is 3.34. The largest absolute Gasteiger partial charge is 0.378 e. The third-order valence-corrected chi connectivity index (χ3v) is 4.44. The highest BCUT2D eigenvalue weighted by Crippen LogP contribution is 2.26. The van der Waals surface area contributed by atoms with E-state index in [1.165, 1.54) is 43.4 Å². The molecule has 2 nitrogen and oxygen atoms in total. The van der Waals surface area contributed by atoms with Crippen LogP contribution in [-0.4, -0.2) is 20.1 Å². The van der Waals surface area contributed by atoms with Gasteiger partial charge in [-0.15, -0.1) is 0 Å². The monoisotopic (exact) mass is 260 g/mol. The average Bonchev–Trinajstić information content (AvgIpc) is 2.46. The summed E-state index contributed by atoms with van der Waals surface area (Å²) >= 11 is 0. The Bertz CT molecular complexity index is 363. The molecule has 0 bridgehead atoms. The Kier molecular flexibility index (Phi) is 5.26. The van der Waals surface area contributed by atoms with Gasteiger partial charge in [-0.1, -0.05) is 31.4 Å². The topological polar surface area (TPSA) is 15.3 Å². The van der Waals surface area contributed by atoms with E-state index in [0.717, 1.165) is 12.5 Å². The molecular weight excluding hydrogens is 232 g/mol. The first-order valence-corrected chi connectivity index (χ1v) is 7.66. The lowest BCUT2D eigenvalue weighted by molar-refractivity contribution is 0.280. The molecule has 1 aromatic carbocycles. The van der Waals surface area contributed by atoms with Crippen molar-refractivity contribution in [1.82, 2.24) is 5.32 Å². The van der Waals surface area contributed by atoms with Gasteiger partial charge in [0, 0.05) is 32.4 Å². The highest BCUT2D eigenvalue weighted by atomic mass is 15.1. The summed E-state index contributed by atoms with van der Waals surface area (Å²) in [5, 5.41) is 3.70. The minimum Gasteiger partial charge on any atom is -0.378 e. The highest BCUT2D eigenvalue weighted by Gasteiger charge is 2.19. The summed E-state index contributed by atoms with van der Waals surface area (Å²) in [5.74, 6) is 0.884. The van der Waals surface area contributed by atoms with Crippen LogP contribution in [0.3, 0.4) is 0 Å². The van der Waals surface area contributed by atoms with Crippen LogP contribution in [0.15, 0.2) is 24.3 Å². The Morgan fingerprint density at radius 2 is 1.74 bits per heavy atom. The normalized spacial score (nSPS) is 18.3. The molecule has 1 saturated carbocycles. The zero-order valence-corrected chi connectivity index (χ0v) is 12.7. The minimum absolute atomic E-state index is 0.647. The molecule has 0 aliphatic heterocycles. The molecule has 0 heterocycles. The molecule has 0 amide bonds. The quantitative estimate of drug-likeness (QED) is 0.866. The molecule has 1 N–H and O–H groups in total. The second-order valence-corrected chi connectivity index (χ2v) is 6.13. The van der Waals surface area contributed by atoms with Gasteiger partial charge in [-0.25, -0.2) is 0 Å². The molecule has 0 aromatic heterocycles. The molecule has 2 rings (SSSR count). The van der Waals surface area contributed by atoms with Gasteiger partial charge < -0.3 is 10.2 Å². The fourth-order valence-corrected chi connectivity index (χ4v) is 2.99. The van der Waals surface area contributed by atoms with Crippen LogP contribution in [0, 0.1) is 5.92 Å². The highest BCUT2D eigenvalue weighted by molar-refractivity contribution is 5.45. The van der Waals surface area contributed by atoms with Crippen molar-refractivity contribution in [1.29, 1.82) is 0 Å². The van der Waals surface area contributed by atoms with Gasteiger partial charge in [-0.05, 0) is 43.4 Å². The van der Waals surface area contributed by atoms with E-state index in [4.69, 9.17) is 0 Å². The molecule has 1 atom stereocenters. The molecule has 1 unspecified atom stereocenters. The molecule has 0 spiro atoms. The van der Waals surface area contributed by atoms with Crippen LogP contribution < -0.4 is 10.2 Å². The second kappa shape index (κ2) is 6.95. The average molecular weight is 260 g/mol. The van der Waals surface area contributed by atoms with Crippen molar-refractivity contribution in [3.05, 3.63) is 29.8 Å². The molecular formula is C17H28N2. The molecule has 1 aliphatic carbocycles. The number of anilines is 1. The van der Waals surface area contributed by atoms with Gasteiger partial charge in [0.1, 0.15) is 0 Å². The summed E-state index contributed by atoms with van der Waals surface area (Å²) in [6, 6.07) is 9.50. The van der Waals surface area contributed by atoms with Gasteiger partial charge in [0.2, 0.25) is 0 Å². The number of nitrogens with one attached hydrogen (secondary N) is 1. The van der Waals surface area contributed by atoms with Gasteiger partial charge in [-0.2, -0.15) is 0 Å². The maximum Gasteiger partial charge on any atom is 0.0361 e. The van der Waals surface area contributed by atoms with Gasteiger partial charge in [-0.3, -0.25) is 0 Å². The Balaban J connectivity index is 1.80. The van der Waals surface area contributed by atoms with Crippen LogP contribution >= 0.6 is 0 Å². The zero-order valence-electron chi connectivity index (χ0n) is 12.7. The van der Waals surface area contributed by atoms with E-state index >= 15 is 0 Å². The molecule has 0 radical (unpaired) electrons. The molecule has 2 heteroatoms. The van der Waals surface area contributed by atoms with E-state index in [1.807, 2.05) is 0 Å². The standard InChI is InChI=1S/C17H28N2/c1-14(16-7-5-4-6-8-16)18-13-15-9-11-17(12-10-15)19(2)3/h9-12,14,16,18H,4-8,13H2,1-3H3. The molecule has 1 fully saturated rings. The van der Waals surface area contributed by atoms with Crippen LogP contribution in [0.2, 0.25) is 0 Å². The smallest absolute Gasteiger partial charge is 0.0361 e. The lowest BCUT2D eigenvalue weighted by Crippen LogP contribution is -2.34. The van der Waals surface area contributed by atoms with Crippen molar-refractivity contribution in [3.8, 4) is 0 Å². The maximum atomic E-state index is 3.70. The lowest BCUT2D eigenvalue weighted by atomic mass is 9.84. The fraction of sp³-hybridized carbons (Fsp3) is 0.647. The second-order valence-electron chi connectivity index (χ2n) is 6.13. The van der Waals surface area contributed by atoms with Crippen LogP contribution in [-0.2, 0) is 6.54 Å². The van der Waals surface area contributed by atoms with Crippen molar-refractivity contribution in [2.75, 3.05) is 19.0 Å². The first-order valence-electron chi connectivity index (χ1n) is 7.66. The number of benzene rings is 1. The summed E-state index contributed by atoms with van der Waals surface area (Å²) in [7, 11) is 4.16. The summed E-state index contributed by atoms with van der Waals surface area (Å²) in [5.41, 5.74) is 2.65. The fourth-order valence-electron chi connectivity index (χ4n) is 2.99. The van der Waals surface area contributed by atoms with Crippen molar-refractivity contribution >= 4 is 5.69 Å².